The molecule has 1 aromatic rings. The molecule has 4 heteroatoms. The van der Waals surface area contributed by atoms with Crippen LogP contribution >= 0.6 is 0 Å². The Kier molecular flexibility index (Phi) is 2.44. The third-order valence-electron chi connectivity index (χ3n) is 3.54. The second-order valence-electron chi connectivity index (χ2n) is 4.62. The molecule has 3 rings (SSSR count). The van der Waals surface area contributed by atoms with Crippen molar-refractivity contribution in [2.24, 2.45) is 0 Å². The van der Waals surface area contributed by atoms with Crippen LogP contribution in [-0.4, -0.2) is 16.7 Å². The summed E-state index contributed by atoms with van der Waals surface area (Å²) < 4.78 is 5.34. The zero-order valence-electron chi connectivity index (χ0n) is 8.91. The molecule has 0 unspecified atom stereocenters. The first kappa shape index (κ1) is 9.33. The number of rotatable bonds is 2. The second kappa shape index (κ2) is 3.93. The van der Waals surface area contributed by atoms with E-state index in [-0.39, 0.29) is 0 Å². The van der Waals surface area contributed by atoms with Crippen LogP contribution in [0.1, 0.15) is 62.2 Å². The molecule has 1 saturated carbocycles. The molecular formula is C11H17N3O. The molecule has 2 heterocycles. The van der Waals surface area contributed by atoms with E-state index in [0.29, 0.717) is 12.0 Å². The van der Waals surface area contributed by atoms with Gasteiger partial charge in [-0.25, -0.2) is 0 Å². The van der Waals surface area contributed by atoms with Gasteiger partial charge in [-0.15, -0.1) is 0 Å². The summed E-state index contributed by atoms with van der Waals surface area (Å²) in [5, 5.41) is 7.51. The lowest BCUT2D eigenvalue weighted by atomic mass is 9.85. The maximum atomic E-state index is 5.34. The van der Waals surface area contributed by atoms with E-state index in [0.717, 1.165) is 24.7 Å². The van der Waals surface area contributed by atoms with Crippen molar-refractivity contribution in [3.63, 3.8) is 0 Å². The van der Waals surface area contributed by atoms with E-state index < -0.39 is 0 Å². The molecule has 1 aliphatic carbocycles. The largest absolute Gasteiger partial charge is 0.338 e. The van der Waals surface area contributed by atoms with E-state index in [9.17, 15) is 0 Å². The van der Waals surface area contributed by atoms with Gasteiger partial charge in [-0.2, -0.15) is 4.98 Å². The molecule has 0 aromatic carbocycles. The first-order chi connectivity index (χ1) is 7.43. The Labute approximate surface area is 89.4 Å². The molecule has 2 aliphatic rings. The standard InChI is InChI=1S/C11H17N3O/c1-2-7-12-9(6-1)11-13-10(14-15-11)8-4-3-5-8/h8-9,12H,1-7H2/t9-/m1/s1. The minimum absolute atomic E-state index is 0.306. The molecule has 1 N–H and O–H groups in total. The Morgan fingerprint density at radius 1 is 1.13 bits per heavy atom. The van der Waals surface area contributed by atoms with Gasteiger partial charge in [0.1, 0.15) is 0 Å². The van der Waals surface area contributed by atoms with Crippen LogP contribution in [0.2, 0.25) is 0 Å². The molecule has 0 radical (unpaired) electrons. The van der Waals surface area contributed by atoms with Crippen LogP contribution in [0.15, 0.2) is 4.52 Å². The summed E-state index contributed by atoms with van der Waals surface area (Å²) in [5.74, 6) is 2.31. The normalized spacial score (nSPS) is 27.6. The number of nitrogens with one attached hydrogen (secondary N) is 1. The summed E-state index contributed by atoms with van der Waals surface area (Å²) in [6, 6.07) is 0.306. The Morgan fingerprint density at radius 2 is 2.07 bits per heavy atom. The van der Waals surface area contributed by atoms with Gasteiger partial charge in [0.15, 0.2) is 5.82 Å². The first-order valence-electron chi connectivity index (χ1n) is 6.00. The smallest absolute Gasteiger partial charge is 0.243 e. The monoisotopic (exact) mass is 207 g/mol. The molecule has 0 bridgehead atoms. The van der Waals surface area contributed by atoms with Crippen molar-refractivity contribution in [1.82, 2.24) is 15.5 Å². The Hall–Kier alpha value is -0.900. The summed E-state index contributed by atoms with van der Waals surface area (Å²) >= 11 is 0. The van der Waals surface area contributed by atoms with Crippen LogP contribution in [0.5, 0.6) is 0 Å². The van der Waals surface area contributed by atoms with Crippen LogP contribution in [0.4, 0.5) is 0 Å². The predicted octanol–water partition coefficient (Wildman–Crippen LogP) is 2.15. The molecule has 0 spiro atoms. The highest BCUT2D eigenvalue weighted by atomic mass is 16.5. The van der Waals surface area contributed by atoms with Gasteiger partial charge in [0, 0.05) is 5.92 Å². The van der Waals surface area contributed by atoms with Crippen LogP contribution in [-0.2, 0) is 0 Å². The molecule has 82 valence electrons. The average Bonchev–Trinajstić information content (AvgIpc) is 2.66. The van der Waals surface area contributed by atoms with E-state index in [2.05, 4.69) is 15.5 Å². The molecule has 2 fully saturated rings. The molecular weight excluding hydrogens is 190 g/mol. The third-order valence-corrected chi connectivity index (χ3v) is 3.54. The predicted molar refractivity (Wildman–Crippen MR) is 55.5 cm³/mol. The molecule has 1 atom stereocenters. The zero-order valence-corrected chi connectivity index (χ0v) is 8.91. The third kappa shape index (κ3) is 1.78. The lowest BCUT2D eigenvalue weighted by Crippen LogP contribution is -2.27. The highest BCUT2D eigenvalue weighted by Gasteiger charge is 2.27. The summed E-state index contributed by atoms with van der Waals surface area (Å²) in [6.07, 6.45) is 7.44. The minimum Gasteiger partial charge on any atom is -0.338 e. The fourth-order valence-electron chi connectivity index (χ4n) is 2.28. The van der Waals surface area contributed by atoms with E-state index in [1.54, 1.807) is 0 Å². The highest BCUT2D eigenvalue weighted by molar-refractivity contribution is 5.02. The quantitative estimate of drug-likeness (QED) is 0.807. The van der Waals surface area contributed by atoms with Gasteiger partial charge in [-0.05, 0) is 32.2 Å². The lowest BCUT2D eigenvalue weighted by molar-refractivity contribution is 0.292. The molecule has 0 amide bonds. The van der Waals surface area contributed by atoms with Crippen LogP contribution in [0, 0.1) is 0 Å². The lowest BCUT2D eigenvalue weighted by Gasteiger charge is -2.21. The summed E-state index contributed by atoms with van der Waals surface area (Å²) in [6.45, 7) is 1.08. The van der Waals surface area contributed by atoms with Crippen molar-refractivity contribution in [3.05, 3.63) is 11.7 Å². The molecule has 1 aromatic heterocycles. The van der Waals surface area contributed by atoms with Crippen molar-refractivity contribution in [2.45, 2.75) is 50.5 Å². The van der Waals surface area contributed by atoms with Gasteiger partial charge in [0.2, 0.25) is 5.89 Å². The number of hydrogen-bond acceptors (Lipinski definition) is 4. The number of aromatic nitrogens is 2. The Bertz CT molecular complexity index is 326. The molecule has 1 aliphatic heterocycles. The Morgan fingerprint density at radius 3 is 2.73 bits per heavy atom. The van der Waals surface area contributed by atoms with Crippen molar-refractivity contribution in [1.29, 1.82) is 0 Å². The summed E-state index contributed by atoms with van der Waals surface area (Å²) in [4.78, 5) is 4.52. The van der Waals surface area contributed by atoms with E-state index >= 15 is 0 Å². The van der Waals surface area contributed by atoms with Gasteiger partial charge in [0.25, 0.3) is 0 Å². The fraction of sp³-hybridized carbons (Fsp3) is 0.818. The van der Waals surface area contributed by atoms with Gasteiger partial charge >= 0.3 is 0 Å². The molecule has 15 heavy (non-hydrogen) atoms. The zero-order chi connectivity index (χ0) is 10.1. The van der Waals surface area contributed by atoms with E-state index in [1.807, 2.05) is 0 Å². The van der Waals surface area contributed by atoms with Gasteiger partial charge in [-0.3, -0.25) is 0 Å². The van der Waals surface area contributed by atoms with Crippen molar-refractivity contribution < 1.29 is 4.52 Å². The maximum Gasteiger partial charge on any atom is 0.243 e. The van der Waals surface area contributed by atoms with Gasteiger partial charge in [-0.1, -0.05) is 18.0 Å². The molecule has 1 saturated heterocycles. The summed E-state index contributed by atoms with van der Waals surface area (Å²) in [5.41, 5.74) is 0. The maximum absolute atomic E-state index is 5.34. The SMILES string of the molecule is C1CC[C@H](c2nc(C3CCC3)no2)NC1. The van der Waals surface area contributed by atoms with Crippen LogP contribution in [0.25, 0.3) is 0 Å². The summed E-state index contributed by atoms with van der Waals surface area (Å²) in [7, 11) is 0. The fourth-order valence-corrected chi connectivity index (χ4v) is 2.28. The van der Waals surface area contributed by atoms with E-state index in [4.69, 9.17) is 4.52 Å². The van der Waals surface area contributed by atoms with Gasteiger partial charge in [0.05, 0.1) is 6.04 Å². The highest BCUT2D eigenvalue weighted by Crippen LogP contribution is 2.35. The number of hydrogen-bond donors (Lipinski definition) is 1. The Balaban J connectivity index is 1.71. The minimum atomic E-state index is 0.306. The topological polar surface area (TPSA) is 51.0 Å². The molecule has 4 nitrogen and oxygen atoms in total. The van der Waals surface area contributed by atoms with Crippen molar-refractivity contribution in [3.8, 4) is 0 Å². The van der Waals surface area contributed by atoms with Crippen molar-refractivity contribution >= 4 is 0 Å². The first-order valence-corrected chi connectivity index (χ1v) is 6.00. The van der Waals surface area contributed by atoms with Crippen molar-refractivity contribution in [2.75, 3.05) is 6.54 Å². The van der Waals surface area contributed by atoms with Crippen LogP contribution < -0.4 is 5.32 Å². The van der Waals surface area contributed by atoms with E-state index in [1.165, 1.54) is 32.1 Å². The second-order valence-corrected chi connectivity index (χ2v) is 4.62. The van der Waals surface area contributed by atoms with Gasteiger partial charge < -0.3 is 9.84 Å². The number of piperidine rings is 1. The van der Waals surface area contributed by atoms with Crippen LogP contribution in [0.3, 0.4) is 0 Å². The average molecular weight is 207 g/mol. The number of nitrogens with zero attached hydrogens (tertiary/aromatic N) is 2.